The predicted octanol–water partition coefficient (Wildman–Crippen LogP) is 1.69. The van der Waals surface area contributed by atoms with Crippen LogP contribution >= 0.6 is 15.9 Å². The topological polar surface area (TPSA) is 53.2 Å². The standard InChI is InChI=1S/C9H8BrNO2/c10-8-3-7(6-11)4-9(5-8)13-2-1-12/h3-5,12H,1-2H2. The summed E-state index contributed by atoms with van der Waals surface area (Å²) in [4.78, 5) is 0. The van der Waals surface area contributed by atoms with Crippen LogP contribution in [0.5, 0.6) is 5.75 Å². The van der Waals surface area contributed by atoms with Gasteiger partial charge in [-0.25, -0.2) is 0 Å². The molecule has 0 atom stereocenters. The van der Waals surface area contributed by atoms with Gasteiger partial charge in [0.15, 0.2) is 0 Å². The number of nitriles is 1. The van der Waals surface area contributed by atoms with Crippen LogP contribution in [0.2, 0.25) is 0 Å². The van der Waals surface area contributed by atoms with Crippen LogP contribution < -0.4 is 4.74 Å². The molecule has 3 nitrogen and oxygen atoms in total. The van der Waals surface area contributed by atoms with Crippen molar-refractivity contribution in [3.8, 4) is 11.8 Å². The monoisotopic (exact) mass is 241 g/mol. The van der Waals surface area contributed by atoms with Crippen molar-refractivity contribution in [3.05, 3.63) is 28.2 Å². The molecule has 13 heavy (non-hydrogen) atoms. The van der Waals surface area contributed by atoms with Gasteiger partial charge < -0.3 is 9.84 Å². The number of nitrogens with zero attached hydrogens (tertiary/aromatic N) is 1. The Bertz CT molecular complexity index is 333. The molecule has 68 valence electrons. The Kier molecular flexibility index (Phi) is 3.74. The van der Waals surface area contributed by atoms with E-state index < -0.39 is 0 Å². The third-order valence-corrected chi connectivity index (χ3v) is 1.82. The highest BCUT2D eigenvalue weighted by Gasteiger charge is 1.99. The second kappa shape index (κ2) is 4.85. The minimum atomic E-state index is -0.0333. The summed E-state index contributed by atoms with van der Waals surface area (Å²) < 4.78 is 5.94. The van der Waals surface area contributed by atoms with Gasteiger partial charge in [0.05, 0.1) is 18.2 Å². The van der Waals surface area contributed by atoms with Gasteiger partial charge in [0.25, 0.3) is 0 Å². The number of hydrogen-bond acceptors (Lipinski definition) is 3. The van der Waals surface area contributed by atoms with Gasteiger partial charge in [0.1, 0.15) is 12.4 Å². The molecule has 0 saturated heterocycles. The Hall–Kier alpha value is -1.05. The van der Waals surface area contributed by atoms with Crippen LogP contribution in [-0.4, -0.2) is 18.3 Å². The van der Waals surface area contributed by atoms with E-state index in [1.54, 1.807) is 18.2 Å². The van der Waals surface area contributed by atoms with E-state index in [2.05, 4.69) is 15.9 Å². The van der Waals surface area contributed by atoms with Crippen LogP contribution in [0, 0.1) is 11.3 Å². The Balaban J connectivity index is 2.83. The predicted molar refractivity (Wildman–Crippen MR) is 51.4 cm³/mol. The first-order valence-corrected chi connectivity index (χ1v) is 4.50. The molecule has 0 saturated carbocycles. The van der Waals surface area contributed by atoms with Crippen molar-refractivity contribution in [2.24, 2.45) is 0 Å². The minimum Gasteiger partial charge on any atom is -0.491 e. The summed E-state index contributed by atoms with van der Waals surface area (Å²) in [6.45, 7) is 0.204. The maximum absolute atomic E-state index is 8.64. The quantitative estimate of drug-likeness (QED) is 0.877. The lowest BCUT2D eigenvalue weighted by Crippen LogP contribution is -2.01. The third-order valence-electron chi connectivity index (χ3n) is 1.36. The van der Waals surface area contributed by atoms with Crippen molar-refractivity contribution in [1.29, 1.82) is 5.26 Å². The smallest absolute Gasteiger partial charge is 0.121 e. The zero-order valence-corrected chi connectivity index (χ0v) is 8.41. The molecule has 1 rings (SSSR count). The molecular formula is C9H8BrNO2. The molecule has 1 N–H and O–H groups in total. The van der Waals surface area contributed by atoms with E-state index in [1.165, 1.54) is 0 Å². The van der Waals surface area contributed by atoms with Gasteiger partial charge in [-0.05, 0) is 18.2 Å². The summed E-state index contributed by atoms with van der Waals surface area (Å²) in [7, 11) is 0. The van der Waals surface area contributed by atoms with E-state index in [0.717, 1.165) is 4.47 Å². The average molecular weight is 242 g/mol. The lowest BCUT2D eigenvalue weighted by molar-refractivity contribution is 0.201. The van der Waals surface area contributed by atoms with Crippen molar-refractivity contribution < 1.29 is 9.84 Å². The van der Waals surface area contributed by atoms with E-state index in [1.807, 2.05) is 6.07 Å². The molecule has 0 aromatic heterocycles. The summed E-state index contributed by atoms with van der Waals surface area (Å²) in [6, 6.07) is 7.08. The second-order valence-corrected chi connectivity index (χ2v) is 3.28. The van der Waals surface area contributed by atoms with Crippen LogP contribution in [0.1, 0.15) is 5.56 Å². The van der Waals surface area contributed by atoms with E-state index in [4.69, 9.17) is 15.1 Å². The SMILES string of the molecule is N#Cc1cc(Br)cc(OCCO)c1. The first-order chi connectivity index (χ1) is 6.26. The molecule has 0 fully saturated rings. The molecule has 0 amide bonds. The number of hydrogen-bond donors (Lipinski definition) is 1. The molecule has 0 aliphatic carbocycles. The van der Waals surface area contributed by atoms with Crippen molar-refractivity contribution in [1.82, 2.24) is 0 Å². The Morgan fingerprint density at radius 1 is 1.46 bits per heavy atom. The third kappa shape index (κ3) is 3.05. The van der Waals surface area contributed by atoms with Gasteiger partial charge in [0, 0.05) is 4.47 Å². The summed E-state index contributed by atoms with van der Waals surface area (Å²) in [5.74, 6) is 0.583. The molecule has 4 heteroatoms. The highest BCUT2D eigenvalue weighted by Crippen LogP contribution is 2.20. The number of halogens is 1. The highest BCUT2D eigenvalue weighted by atomic mass is 79.9. The number of benzene rings is 1. The fourth-order valence-electron chi connectivity index (χ4n) is 0.874. The maximum atomic E-state index is 8.64. The normalized spacial score (nSPS) is 9.31. The molecule has 0 spiro atoms. The molecular weight excluding hydrogens is 234 g/mol. The van der Waals surface area contributed by atoms with Crippen molar-refractivity contribution >= 4 is 15.9 Å². The van der Waals surface area contributed by atoms with Crippen molar-refractivity contribution in [2.75, 3.05) is 13.2 Å². The van der Waals surface area contributed by atoms with Crippen LogP contribution in [0.15, 0.2) is 22.7 Å². The molecule has 0 heterocycles. The zero-order valence-electron chi connectivity index (χ0n) is 6.83. The lowest BCUT2D eigenvalue weighted by Gasteiger charge is -2.04. The second-order valence-electron chi connectivity index (χ2n) is 2.36. The fourth-order valence-corrected chi connectivity index (χ4v) is 1.35. The molecule has 1 aromatic carbocycles. The minimum absolute atomic E-state index is 0.0333. The number of aliphatic hydroxyl groups excluding tert-OH is 1. The zero-order chi connectivity index (χ0) is 9.68. The number of rotatable bonds is 3. The molecule has 0 radical (unpaired) electrons. The van der Waals surface area contributed by atoms with Gasteiger partial charge in [-0.1, -0.05) is 15.9 Å². The fraction of sp³-hybridized carbons (Fsp3) is 0.222. The van der Waals surface area contributed by atoms with Crippen LogP contribution in [0.4, 0.5) is 0 Å². The van der Waals surface area contributed by atoms with E-state index >= 15 is 0 Å². The summed E-state index contributed by atoms with van der Waals surface area (Å²) >= 11 is 3.25. The van der Waals surface area contributed by atoms with Gasteiger partial charge in [0.2, 0.25) is 0 Å². The average Bonchev–Trinajstić information content (AvgIpc) is 2.14. The van der Waals surface area contributed by atoms with Crippen LogP contribution in [0.25, 0.3) is 0 Å². The van der Waals surface area contributed by atoms with Gasteiger partial charge in [-0.2, -0.15) is 5.26 Å². The van der Waals surface area contributed by atoms with E-state index in [0.29, 0.717) is 11.3 Å². The highest BCUT2D eigenvalue weighted by molar-refractivity contribution is 9.10. The number of aliphatic hydroxyl groups is 1. The lowest BCUT2D eigenvalue weighted by atomic mass is 10.2. The largest absolute Gasteiger partial charge is 0.491 e. The summed E-state index contributed by atoms with van der Waals surface area (Å²) in [6.07, 6.45) is 0. The molecule has 0 unspecified atom stereocenters. The Morgan fingerprint density at radius 3 is 2.85 bits per heavy atom. The molecule has 0 bridgehead atoms. The van der Waals surface area contributed by atoms with Gasteiger partial charge >= 0.3 is 0 Å². The van der Waals surface area contributed by atoms with Gasteiger partial charge in [-0.15, -0.1) is 0 Å². The summed E-state index contributed by atoms with van der Waals surface area (Å²) in [5.41, 5.74) is 0.530. The Morgan fingerprint density at radius 2 is 2.23 bits per heavy atom. The molecule has 0 aliphatic rings. The molecule has 1 aromatic rings. The maximum Gasteiger partial charge on any atom is 0.121 e. The summed E-state index contributed by atoms with van der Waals surface area (Å²) in [5, 5.41) is 17.2. The van der Waals surface area contributed by atoms with E-state index in [9.17, 15) is 0 Å². The van der Waals surface area contributed by atoms with Crippen LogP contribution in [-0.2, 0) is 0 Å². The first-order valence-electron chi connectivity index (χ1n) is 3.70. The van der Waals surface area contributed by atoms with Crippen molar-refractivity contribution in [2.45, 2.75) is 0 Å². The van der Waals surface area contributed by atoms with Gasteiger partial charge in [-0.3, -0.25) is 0 Å². The first kappa shape index (κ1) is 10.0. The van der Waals surface area contributed by atoms with Crippen molar-refractivity contribution in [3.63, 3.8) is 0 Å². The van der Waals surface area contributed by atoms with Crippen LogP contribution in [0.3, 0.4) is 0 Å². The number of ether oxygens (including phenoxy) is 1. The van der Waals surface area contributed by atoms with E-state index in [-0.39, 0.29) is 13.2 Å². The Labute approximate surface area is 84.7 Å². The molecule has 0 aliphatic heterocycles.